The SMILES string of the molecule is NC(CC(=O)O)C(=O)O.O=S(=O)(O)O. The predicted molar refractivity (Wildman–Crippen MR) is 42.0 cm³/mol. The maximum Gasteiger partial charge on any atom is 0.394 e. The van der Waals surface area contributed by atoms with Gasteiger partial charge in [0.15, 0.2) is 0 Å². The molecule has 0 saturated heterocycles. The Bertz CT molecular complexity index is 286. The van der Waals surface area contributed by atoms with Crippen molar-refractivity contribution in [2.24, 2.45) is 5.73 Å². The van der Waals surface area contributed by atoms with Crippen molar-refractivity contribution in [2.75, 3.05) is 0 Å². The van der Waals surface area contributed by atoms with Crippen LogP contribution in [0.25, 0.3) is 0 Å². The highest BCUT2D eigenvalue weighted by Crippen LogP contribution is 1.86. The number of aliphatic carboxylic acids is 2. The zero-order valence-electron chi connectivity index (χ0n) is 6.69. The van der Waals surface area contributed by atoms with E-state index in [0.29, 0.717) is 0 Å². The first kappa shape index (κ1) is 15.3. The number of carboxylic acid groups (broad SMARTS) is 2. The Morgan fingerprint density at radius 1 is 1.21 bits per heavy atom. The molecule has 1 unspecified atom stereocenters. The van der Waals surface area contributed by atoms with Gasteiger partial charge in [0.05, 0.1) is 6.42 Å². The maximum atomic E-state index is 9.85. The Balaban J connectivity index is 0. The van der Waals surface area contributed by atoms with Gasteiger partial charge < -0.3 is 15.9 Å². The summed E-state index contributed by atoms with van der Waals surface area (Å²) in [6.07, 6.45) is -0.532. The van der Waals surface area contributed by atoms with E-state index < -0.39 is 34.8 Å². The van der Waals surface area contributed by atoms with Crippen LogP contribution in [0.3, 0.4) is 0 Å². The summed E-state index contributed by atoms with van der Waals surface area (Å²) in [6, 6.07) is -1.29. The summed E-state index contributed by atoms with van der Waals surface area (Å²) >= 11 is 0. The Kier molecular flexibility index (Phi) is 6.82. The predicted octanol–water partition coefficient (Wildman–Crippen LogP) is -1.78. The molecule has 0 aromatic heterocycles. The van der Waals surface area contributed by atoms with Crippen LogP contribution in [-0.4, -0.2) is 45.7 Å². The van der Waals surface area contributed by atoms with E-state index in [1.165, 1.54) is 0 Å². The Morgan fingerprint density at radius 3 is 1.57 bits per heavy atom. The van der Waals surface area contributed by atoms with Gasteiger partial charge in [-0.2, -0.15) is 8.42 Å². The molecule has 0 bridgehead atoms. The largest absolute Gasteiger partial charge is 0.481 e. The Labute approximate surface area is 78.7 Å². The lowest BCUT2D eigenvalue weighted by atomic mass is 10.2. The van der Waals surface area contributed by atoms with Gasteiger partial charge in [0, 0.05) is 0 Å². The molecule has 0 aromatic carbocycles. The van der Waals surface area contributed by atoms with Crippen molar-refractivity contribution in [2.45, 2.75) is 12.5 Å². The molecule has 10 heteroatoms. The van der Waals surface area contributed by atoms with E-state index in [1.807, 2.05) is 0 Å². The van der Waals surface area contributed by atoms with Crippen molar-refractivity contribution in [3.8, 4) is 0 Å². The summed E-state index contributed by atoms with van der Waals surface area (Å²) in [6.45, 7) is 0. The minimum Gasteiger partial charge on any atom is -0.481 e. The lowest BCUT2D eigenvalue weighted by Crippen LogP contribution is -2.32. The van der Waals surface area contributed by atoms with Gasteiger partial charge in [-0.05, 0) is 0 Å². The fraction of sp³-hybridized carbons (Fsp3) is 0.500. The topological polar surface area (TPSA) is 175 Å². The minimum atomic E-state index is -4.67. The van der Waals surface area contributed by atoms with Gasteiger partial charge in [-0.3, -0.25) is 18.7 Å². The summed E-state index contributed by atoms with van der Waals surface area (Å²) in [4.78, 5) is 19.6. The van der Waals surface area contributed by atoms with Crippen molar-refractivity contribution in [1.29, 1.82) is 0 Å². The van der Waals surface area contributed by atoms with Crippen molar-refractivity contribution in [3.05, 3.63) is 0 Å². The molecule has 0 radical (unpaired) electrons. The first-order valence-corrected chi connectivity index (χ1v) is 4.33. The number of hydrogen-bond donors (Lipinski definition) is 5. The van der Waals surface area contributed by atoms with Crippen LogP contribution in [0.15, 0.2) is 0 Å². The molecule has 0 aromatic rings. The lowest BCUT2D eigenvalue weighted by Gasteiger charge is -1.99. The highest BCUT2D eigenvalue weighted by Gasteiger charge is 2.14. The van der Waals surface area contributed by atoms with Crippen LogP contribution >= 0.6 is 0 Å². The van der Waals surface area contributed by atoms with E-state index >= 15 is 0 Å². The number of rotatable bonds is 3. The smallest absolute Gasteiger partial charge is 0.394 e. The molecule has 0 rings (SSSR count). The molecular formula is C4H9NO8S. The minimum absolute atomic E-state index is 0.532. The van der Waals surface area contributed by atoms with Crippen LogP contribution in [0.4, 0.5) is 0 Å². The van der Waals surface area contributed by atoms with Crippen LogP contribution in [0.2, 0.25) is 0 Å². The van der Waals surface area contributed by atoms with Crippen molar-refractivity contribution < 1.29 is 37.3 Å². The number of hydrogen-bond acceptors (Lipinski definition) is 5. The lowest BCUT2D eigenvalue weighted by molar-refractivity contribution is -0.144. The highest BCUT2D eigenvalue weighted by molar-refractivity contribution is 7.79. The van der Waals surface area contributed by atoms with Gasteiger partial charge >= 0.3 is 22.3 Å². The van der Waals surface area contributed by atoms with Crippen LogP contribution in [0.5, 0.6) is 0 Å². The second kappa shape index (κ2) is 6.26. The van der Waals surface area contributed by atoms with Crippen molar-refractivity contribution >= 4 is 22.3 Å². The molecule has 0 heterocycles. The van der Waals surface area contributed by atoms with E-state index in [-0.39, 0.29) is 0 Å². The molecule has 6 N–H and O–H groups in total. The number of carbonyl (C=O) groups is 2. The van der Waals surface area contributed by atoms with Crippen molar-refractivity contribution in [1.82, 2.24) is 0 Å². The third kappa shape index (κ3) is 22.4. The maximum absolute atomic E-state index is 9.85. The molecular weight excluding hydrogens is 222 g/mol. The van der Waals surface area contributed by atoms with E-state index in [2.05, 4.69) is 0 Å². The second-order valence-electron chi connectivity index (χ2n) is 1.99. The second-order valence-corrected chi connectivity index (χ2v) is 2.89. The highest BCUT2D eigenvalue weighted by atomic mass is 32.3. The van der Waals surface area contributed by atoms with Crippen molar-refractivity contribution in [3.63, 3.8) is 0 Å². The van der Waals surface area contributed by atoms with E-state index in [4.69, 9.17) is 33.5 Å². The summed E-state index contributed by atoms with van der Waals surface area (Å²) in [5.41, 5.74) is 4.84. The fourth-order valence-corrected chi connectivity index (χ4v) is 0.275. The molecule has 0 aliphatic heterocycles. The molecule has 14 heavy (non-hydrogen) atoms. The van der Waals surface area contributed by atoms with Crippen LogP contribution in [0.1, 0.15) is 6.42 Å². The summed E-state index contributed by atoms with van der Waals surface area (Å²) in [5.74, 6) is -2.50. The van der Waals surface area contributed by atoms with Gasteiger partial charge in [-0.25, -0.2) is 0 Å². The first-order chi connectivity index (χ1) is 6.04. The summed E-state index contributed by atoms with van der Waals surface area (Å²) in [7, 11) is -4.67. The molecule has 0 amide bonds. The standard InChI is InChI=1S/C4H7NO4.H2O4S/c5-2(4(8)9)1-3(6)7;1-5(2,3)4/h2H,1,5H2,(H,6,7)(H,8,9);(H2,1,2,3,4). The zero-order valence-corrected chi connectivity index (χ0v) is 7.51. The average molecular weight is 231 g/mol. The monoisotopic (exact) mass is 231 g/mol. The van der Waals surface area contributed by atoms with Gasteiger partial charge in [-0.15, -0.1) is 0 Å². The molecule has 0 saturated carbocycles. The summed E-state index contributed by atoms with van der Waals surface area (Å²) in [5, 5.41) is 16.0. The van der Waals surface area contributed by atoms with E-state index in [9.17, 15) is 9.59 Å². The molecule has 0 aliphatic carbocycles. The fourth-order valence-electron chi connectivity index (χ4n) is 0.275. The Morgan fingerprint density at radius 2 is 1.50 bits per heavy atom. The van der Waals surface area contributed by atoms with Gasteiger partial charge in [-0.1, -0.05) is 0 Å². The number of carboxylic acids is 2. The van der Waals surface area contributed by atoms with Gasteiger partial charge in [0.25, 0.3) is 0 Å². The van der Waals surface area contributed by atoms with Gasteiger partial charge in [0.1, 0.15) is 6.04 Å². The molecule has 0 spiro atoms. The van der Waals surface area contributed by atoms with Gasteiger partial charge in [0.2, 0.25) is 0 Å². The van der Waals surface area contributed by atoms with E-state index in [1.54, 1.807) is 0 Å². The van der Waals surface area contributed by atoms with Crippen LogP contribution in [-0.2, 0) is 20.0 Å². The van der Waals surface area contributed by atoms with Crippen LogP contribution < -0.4 is 5.73 Å². The average Bonchev–Trinajstić information content (AvgIpc) is 1.80. The zero-order chi connectivity index (χ0) is 11.9. The molecule has 0 fully saturated rings. The third-order valence-corrected chi connectivity index (χ3v) is 0.712. The van der Waals surface area contributed by atoms with E-state index in [0.717, 1.165) is 0 Å². The molecule has 1 atom stereocenters. The quantitative estimate of drug-likeness (QED) is 0.351. The van der Waals surface area contributed by atoms with Crippen LogP contribution in [0, 0.1) is 0 Å². The molecule has 9 nitrogen and oxygen atoms in total. The Hall–Kier alpha value is -1.23. The molecule has 84 valence electrons. The first-order valence-electron chi connectivity index (χ1n) is 2.94. The third-order valence-electron chi connectivity index (χ3n) is 0.712. The molecule has 0 aliphatic rings. The summed E-state index contributed by atoms with van der Waals surface area (Å²) < 4.78 is 31.6. The number of nitrogens with two attached hydrogens (primary N) is 1. The normalized spacial score (nSPS) is 12.2.